The van der Waals surface area contributed by atoms with Crippen molar-refractivity contribution in [2.24, 2.45) is 0 Å². The van der Waals surface area contributed by atoms with E-state index in [1.807, 2.05) is 32.7 Å². The Bertz CT molecular complexity index is 1070. The topological polar surface area (TPSA) is 72.1 Å². The zero-order valence-corrected chi connectivity index (χ0v) is 18.5. The average Bonchev–Trinajstić information content (AvgIpc) is 3.43. The van der Waals surface area contributed by atoms with Gasteiger partial charge in [0.05, 0.1) is 23.3 Å². The van der Waals surface area contributed by atoms with Crippen LogP contribution >= 0.6 is 0 Å². The standard InChI is InChI=1S/C23H31N7O/c1-3-7-30-22-20(14-25-30)19(12-21(26-22)18-5-6-18)23(31)28-10-8-27(9-11-28)15-17-13-24-29(4-2)16-17/h12-14,16,18H,3-11,15H2,1-2H3. The molecule has 1 saturated heterocycles. The van der Waals surface area contributed by atoms with Gasteiger partial charge in [0.1, 0.15) is 0 Å². The molecule has 3 aromatic heterocycles. The number of rotatable bonds is 7. The van der Waals surface area contributed by atoms with Gasteiger partial charge in [0.25, 0.3) is 5.91 Å². The van der Waals surface area contributed by atoms with Crippen LogP contribution in [0.1, 0.15) is 60.6 Å². The normalized spacial score (nSPS) is 17.5. The first-order valence-electron chi connectivity index (χ1n) is 11.6. The van der Waals surface area contributed by atoms with E-state index in [2.05, 4.69) is 35.1 Å². The predicted octanol–water partition coefficient (Wildman–Crippen LogP) is 2.89. The van der Waals surface area contributed by atoms with Crippen molar-refractivity contribution in [3.05, 3.63) is 41.5 Å². The fourth-order valence-corrected chi connectivity index (χ4v) is 4.41. The Morgan fingerprint density at radius 2 is 1.90 bits per heavy atom. The van der Waals surface area contributed by atoms with Crippen molar-refractivity contribution in [2.45, 2.75) is 58.7 Å². The van der Waals surface area contributed by atoms with E-state index in [-0.39, 0.29) is 5.91 Å². The lowest BCUT2D eigenvalue weighted by Crippen LogP contribution is -2.48. The third-order valence-electron chi connectivity index (χ3n) is 6.37. The molecule has 8 nitrogen and oxygen atoms in total. The van der Waals surface area contributed by atoms with Crippen LogP contribution in [-0.4, -0.2) is 66.4 Å². The van der Waals surface area contributed by atoms with Gasteiger partial charge in [-0.3, -0.25) is 14.4 Å². The maximum Gasteiger partial charge on any atom is 0.254 e. The van der Waals surface area contributed by atoms with Crippen LogP contribution in [0.15, 0.2) is 24.7 Å². The first-order chi connectivity index (χ1) is 15.2. The highest BCUT2D eigenvalue weighted by Crippen LogP contribution is 2.40. The van der Waals surface area contributed by atoms with Crippen LogP contribution in [0.4, 0.5) is 0 Å². The predicted molar refractivity (Wildman–Crippen MR) is 119 cm³/mol. The zero-order chi connectivity index (χ0) is 21.4. The molecule has 2 fully saturated rings. The van der Waals surface area contributed by atoms with Crippen molar-refractivity contribution in [1.82, 2.24) is 34.3 Å². The van der Waals surface area contributed by atoms with Crippen molar-refractivity contribution >= 4 is 16.9 Å². The molecule has 8 heteroatoms. The van der Waals surface area contributed by atoms with E-state index >= 15 is 0 Å². The Balaban J connectivity index is 1.32. The summed E-state index contributed by atoms with van der Waals surface area (Å²) < 4.78 is 3.91. The Kier molecular flexibility index (Phi) is 5.48. The SMILES string of the molecule is CCCn1ncc2c(C(=O)N3CCN(Cc4cnn(CC)c4)CC3)cc(C3CC3)nc21. The van der Waals surface area contributed by atoms with Crippen LogP contribution in [0.25, 0.3) is 11.0 Å². The van der Waals surface area contributed by atoms with Gasteiger partial charge < -0.3 is 4.90 Å². The molecule has 4 heterocycles. The Morgan fingerprint density at radius 3 is 2.58 bits per heavy atom. The minimum atomic E-state index is 0.115. The van der Waals surface area contributed by atoms with E-state index in [0.29, 0.717) is 5.92 Å². The van der Waals surface area contributed by atoms with E-state index in [0.717, 1.165) is 74.5 Å². The molecule has 5 rings (SSSR count). The van der Waals surface area contributed by atoms with Crippen molar-refractivity contribution in [1.29, 1.82) is 0 Å². The zero-order valence-electron chi connectivity index (χ0n) is 18.5. The van der Waals surface area contributed by atoms with Crippen LogP contribution in [-0.2, 0) is 19.6 Å². The summed E-state index contributed by atoms with van der Waals surface area (Å²) in [5.41, 5.74) is 3.92. The fourth-order valence-electron chi connectivity index (χ4n) is 4.41. The lowest BCUT2D eigenvalue weighted by atomic mass is 10.1. The number of aryl methyl sites for hydroxylation is 2. The van der Waals surface area contributed by atoms with E-state index in [9.17, 15) is 4.79 Å². The minimum absolute atomic E-state index is 0.115. The third kappa shape index (κ3) is 4.08. The summed E-state index contributed by atoms with van der Waals surface area (Å²) in [6, 6.07) is 2.03. The van der Waals surface area contributed by atoms with Gasteiger partial charge in [-0.2, -0.15) is 10.2 Å². The molecule has 0 spiro atoms. The van der Waals surface area contributed by atoms with E-state index in [1.165, 1.54) is 18.4 Å². The molecule has 0 aromatic carbocycles. The summed E-state index contributed by atoms with van der Waals surface area (Å²) in [6.07, 6.45) is 9.21. The third-order valence-corrected chi connectivity index (χ3v) is 6.37. The summed E-state index contributed by atoms with van der Waals surface area (Å²) in [6.45, 7) is 10.1. The molecule has 3 aromatic rings. The average molecular weight is 422 g/mol. The number of hydrogen-bond donors (Lipinski definition) is 0. The quantitative estimate of drug-likeness (QED) is 0.587. The summed E-state index contributed by atoms with van der Waals surface area (Å²) in [7, 11) is 0. The van der Waals surface area contributed by atoms with Gasteiger partial charge >= 0.3 is 0 Å². The largest absolute Gasteiger partial charge is 0.336 e. The lowest BCUT2D eigenvalue weighted by molar-refractivity contribution is 0.0630. The van der Waals surface area contributed by atoms with Crippen LogP contribution in [0.2, 0.25) is 0 Å². The smallest absolute Gasteiger partial charge is 0.254 e. The van der Waals surface area contributed by atoms with Gasteiger partial charge in [-0.1, -0.05) is 6.92 Å². The van der Waals surface area contributed by atoms with Gasteiger partial charge in [-0.15, -0.1) is 0 Å². The van der Waals surface area contributed by atoms with Crippen molar-refractivity contribution in [3.63, 3.8) is 0 Å². The first kappa shape index (κ1) is 20.2. The Hall–Kier alpha value is -2.74. The van der Waals surface area contributed by atoms with Crippen LogP contribution in [0, 0.1) is 0 Å². The summed E-state index contributed by atoms with van der Waals surface area (Å²) in [4.78, 5) is 22.8. The maximum absolute atomic E-state index is 13.5. The number of carbonyl (C=O) groups excluding carboxylic acids is 1. The molecule has 0 radical (unpaired) electrons. The Labute approximate surface area is 182 Å². The monoisotopic (exact) mass is 421 g/mol. The number of aromatic nitrogens is 5. The number of amides is 1. The molecule has 0 bridgehead atoms. The number of piperazine rings is 1. The van der Waals surface area contributed by atoms with Gasteiger partial charge in [0, 0.05) is 69.2 Å². The summed E-state index contributed by atoms with van der Waals surface area (Å²) in [5, 5.41) is 9.78. The molecule has 1 aliphatic heterocycles. The number of fused-ring (bicyclic) bond motifs is 1. The number of hydrogen-bond acceptors (Lipinski definition) is 5. The van der Waals surface area contributed by atoms with Gasteiger partial charge in [0.15, 0.2) is 5.65 Å². The second-order valence-corrected chi connectivity index (χ2v) is 8.75. The highest BCUT2D eigenvalue weighted by atomic mass is 16.2. The van der Waals surface area contributed by atoms with Gasteiger partial charge in [0.2, 0.25) is 0 Å². The number of carbonyl (C=O) groups is 1. The van der Waals surface area contributed by atoms with Crippen molar-refractivity contribution in [3.8, 4) is 0 Å². The summed E-state index contributed by atoms with van der Waals surface area (Å²) in [5.74, 6) is 0.616. The van der Waals surface area contributed by atoms with Crippen LogP contribution in [0.3, 0.4) is 0 Å². The second-order valence-electron chi connectivity index (χ2n) is 8.75. The molecular formula is C23H31N7O. The first-order valence-corrected chi connectivity index (χ1v) is 11.6. The molecular weight excluding hydrogens is 390 g/mol. The summed E-state index contributed by atoms with van der Waals surface area (Å²) >= 11 is 0. The number of pyridine rings is 1. The molecule has 1 amide bonds. The van der Waals surface area contributed by atoms with E-state index in [4.69, 9.17) is 4.98 Å². The molecule has 0 atom stereocenters. The molecule has 1 aliphatic carbocycles. The van der Waals surface area contributed by atoms with E-state index in [1.54, 1.807) is 0 Å². The minimum Gasteiger partial charge on any atom is -0.336 e. The second kappa shape index (κ2) is 8.42. The highest BCUT2D eigenvalue weighted by molar-refractivity contribution is 6.05. The maximum atomic E-state index is 13.5. The molecule has 31 heavy (non-hydrogen) atoms. The van der Waals surface area contributed by atoms with Crippen LogP contribution < -0.4 is 0 Å². The molecule has 0 unspecified atom stereocenters. The lowest BCUT2D eigenvalue weighted by Gasteiger charge is -2.34. The molecule has 1 saturated carbocycles. The Morgan fingerprint density at radius 1 is 1.10 bits per heavy atom. The molecule has 2 aliphatic rings. The van der Waals surface area contributed by atoms with Crippen molar-refractivity contribution in [2.75, 3.05) is 26.2 Å². The number of nitrogens with zero attached hydrogens (tertiary/aromatic N) is 7. The van der Waals surface area contributed by atoms with E-state index < -0.39 is 0 Å². The molecule has 0 N–H and O–H groups in total. The van der Waals surface area contributed by atoms with Gasteiger partial charge in [-0.05, 0) is 32.3 Å². The van der Waals surface area contributed by atoms with Crippen molar-refractivity contribution < 1.29 is 4.79 Å². The fraction of sp³-hybridized carbons (Fsp3) is 0.565. The van der Waals surface area contributed by atoms with Crippen LogP contribution in [0.5, 0.6) is 0 Å². The van der Waals surface area contributed by atoms with Gasteiger partial charge in [-0.25, -0.2) is 9.67 Å². The molecule has 164 valence electrons. The highest BCUT2D eigenvalue weighted by Gasteiger charge is 2.30.